The number of halogens is 1. The van der Waals surface area contributed by atoms with Crippen LogP contribution in [0.2, 0.25) is 5.02 Å². The van der Waals surface area contributed by atoms with Crippen LogP contribution in [0.4, 0.5) is 5.69 Å². The van der Waals surface area contributed by atoms with Gasteiger partial charge < -0.3 is 5.21 Å². The second-order valence-corrected chi connectivity index (χ2v) is 5.70. The van der Waals surface area contributed by atoms with Crippen LogP contribution in [0.5, 0.6) is 0 Å². The summed E-state index contributed by atoms with van der Waals surface area (Å²) in [7, 11) is 0. The van der Waals surface area contributed by atoms with E-state index < -0.39 is 0 Å². The van der Waals surface area contributed by atoms with Crippen LogP contribution >= 0.6 is 11.6 Å². The molecule has 5 nitrogen and oxygen atoms in total. The number of benzene rings is 1. The Morgan fingerprint density at radius 3 is 2.60 bits per heavy atom. The second kappa shape index (κ2) is 4.98. The smallest absolute Gasteiger partial charge is 0.167 e. The summed E-state index contributed by atoms with van der Waals surface area (Å²) in [5.74, 6) is 0.629. The maximum Gasteiger partial charge on any atom is 0.167 e. The first-order valence-corrected chi connectivity index (χ1v) is 7.14. The third kappa shape index (κ3) is 2.12. The maximum absolute atomic E-state index is 8.95. The average molecular weight is 293 g/mol. The van der Waals surface area contributed by atoms with E-state index in [1.807, 2.05) is 24.3 Å². The molecular weight excluding hydrogens is 276 g/mol. The van der Waals surface area contributed by atoms with E-state index in [1.165, 1.54) is 0 Å². The molecule has 0 saturated heterocycles. The summed E-state index contributed by atoms with van der Waals surface area (Å²) in [4.78, 5) is 4.78. The first kappa shape index (κ1) is 13.2. The number of hydrazine groups is 1. The molecule has 1 aromatic rings. The largest absolute Gasteiger partial charge is 0.411 e. The zero-order valence-corrected chi connectivity index (χ0v) is 12.1. The fourth-order valence-electron chi connectivity index (χ4n) is 2.87. The molecule has 1 spiro atoms. The van der Waals surface area contributed by atoms with Crippen molar-refractivity contribution in [1.82, 2.24) is 5.43 Å². The van der Waals surface area contributed by atoms with Crippen molar-refractivity contribution >= 4 is 28.8 Å². The minimum atomic E-state index is -0.269. The summed E-state index contributed by atoms with van der Waals surface area (Å²) < 4.78 is 0. The molecule has 106 valence electrons. The first-order valence-electron chi connectivity index (χ1n) is 6.76. The van der Waals surface area contributed by atoms with Crippen LogP contribution in [0.25, 0.3) is 0 Å². The van der Waals surface area contributed by atoms with Gasteiger partial charge >= 0.3 is 0 Å². The fraction of sp³-hybridized carbons (Fsp3) is 0.429. The Morgan fingerprint density at radius 1 is 1.35 bits per heavy atom. The molecular formula is C14H17ClN4O. The molecule has 1 aliphatic heterocycles. The van der Waals surface area contributed by atoms with Crippen LogP contribution in [0.3, 0.4) is 0 Å². The van der Waals surface area contributed by atoms with Gasteiger partial charge in [-0.15, -0.1) is 0 Å². The van der Waals surface area contributed by atoms with E-state index in [0.717, 1.165) is 31.4 Å². The van der Waals surface area contributed by atoms with E-state index >= 15 is 0 Å². The molecule has 1 aromatic carbocycles. The van der Waals surface area contributed by atoms with E-state index in [4.69, 9.17) is 21.8 Å². The molecule has 0 bridgehead atoms. The normalized spacial score (nSPS) is 21.2. The van der Waals surface area contributed by atoms with Crippen molar-refractivity contribution in [1.29, 1.82) is 0 Å². The topological polar surface area (TPSA) is 60.2 Å². The minimum absolute atomic E-state index is 0.269. The van der Waals surface area contributed by atoms with Gasteiger partial charge in [0.2, 0.25) is 0 Å². The molecule has 6 heteroatoms. The third-order valence-electron chi connectivity index (χ3n) is 3.94. The van der Waals surface area contributed by atoms with Gasteiger partial charge in [0.05, 0.1) is 5.69 Å². The highest BCUT2D eigenvalue weighted by Crippen LogP contribution is 2.40. The predicted octanol–water partition coefficient (Wildman–Crippen LogP) is 3.18. The van der Waals surface area contributed by atoms with Crippen LogP contribution < -0.4 is 10.4 Å². The van der Waals surface area contributed by atoms with Gasteiger partial charge in [-0.05, 0) is 56.9 Å². The van der Waals surface area contributed by atoms with E-state index in [0.29, 0.717) is 16.6 Å². The SMILES string of the molecule is C/C(=N\O)C1=NC2(CCCC2)N(c2ccc(Cl)cc2)N1. The van der Waals surface area contributed by atoms with Gasteiger partial charge in [-0.25, -0.2) is 4.99 Å². The summed E-state index contributed by atoms with van der Waals surface area (Å²) >= 11 is 5.95. The van der Waals surface area contributed by atoms with E-state index in [2.05, 4.69) is 15.6 Å². The highest BCUT2D eigenvalue weighted by molar-refractivity contribution is 6.41. The lowest BCUT2D eigenvalue weighted by atomic mass is 10.1. The Balaban J connectivity index is 1.97. The van der Waals surface area contributed by atoms with Crippen LogP contribution in [-0.2, 0) is 0 Å². The Bertz CT molecular complexity index is 561. The van der Waals surface area contributed by atoms with Crippen molar-refractivity contribution in [3.05, 3.63) is 29.3 Å². The summed E-state index contributed by atoms with van der Waals surface area (Å²) in [6, 6.07) is 7.68. The van der Waals surface area contributed by atoms with Crippen LogP contribution in [0.15, 0.2) is 34.4 Å². The number of rotatable bonds is 2. The number of anilines is 1. The molecule has 1 saturated carbocycles. The lowest BCUT2D eigenvalue weighted by molar-refractivity contribution is 0.319. The lowest BCUT2D eigenvalue weighted by Gasteiger charge is -2.33. The molecule has 1 aliphatic carbocycles. The van der Waals surface area contributed by atoms with Gasteiger partial charge in [-0.3, -0.25) is 10.4 Å². The van der Waals surface area contributed by atoms with E-state index in [-0.39, 0.29) is 5.66 Å². The van der Waals surface area contributed by atoms with E-state index in [9.17, 15) is 0 Å². The van der Waals surface area contributed by atoms with Crippen molar-refractivity contribution < 1.29 is 5.21 Å². The Morgan fingerprint density at radius 2 is 2.00 bits per heavy atom. The third-order valence-corrected chi connectivity index (χ3v) is 4.19. The molecule has 2 aliphatic rings. The van der Waals surface area contributed by atoms with Gasteiger partial charge in [0.25, 0.3) is 0 Å². The molecule has 1 heterocycles. The van der Waals surface area contributed by atoms with Gasteiger partial charge in [0, 0.05) is 5.02 Å². The van der Waals surface area contributed by atoms with Crippen molar-refractivity contribution in [3.63, 3.8) is 0 Å². The Labute approximate surface area is 122 Å². The van der Waals surface area contributed by atoms with Crippen LogP contribution in [0, 0.1) is 0 Å². The molecule has 0 aromatic heterocycles. The van der Waals surface area contributed by atoms with Crippen LogP contribution in [0.1, 0.15) is 32.6 Å². The average Bonchev–Trinajstić information content (AvgIpc) is 3.08. The molecule has 0 atom stereocenters. The van der Waals surface area contributed by atoms with Crippen molar-refractivity contribution in [2.24, 2.45) is 10.1 Å². The molecule has 1 fully saturated rings. The quantitative estimate of drug-likeness (QED) is 0.500. The molecule has 2 N–H and O–H groups in total. The van der Waals surface area contributed by atoms with Crippen molar-refractivity contribution in [3.8, 4) is 0 Å². The summed E-state index contributed by atoms with van der Waals surface area (Å²) in [5, 5.41) is 15.0. The zero-order valence-electron chi connectivity index (χ0n) is 11.3. The number of nitrogens with zero attached hydrogens (tertiary/aromatic N) is 3. The minimum Gasteiger partial charge on any atom is -0.411 e. The van der Waals surface area contributed by atoms with E-state index in [1.54, 1.807) is 6.92 Å². The highest BCUT2D eigenvalue weighted by atomic mass is 35.5. The standard InChI is InChI=1S/C14H17ClN4O/c1-10(18-20)13-16-14(8-2-3-9-14)19(17-13)12-6-4-11(15)5-7-12/h4-7,20H,2-3,8-9H2,1H3,(H,16,17)/b18-10+. The summed E-state index contributed by atoms with van der Waals surface area (Å²) in [6.07, 6.45) is 4.28. The molecule has 0 radical (unpaired) electrons. The number of nitrogens with one attached hydrogen (secondary N) is 1. The highest BCUT2D eigenvalue weighted by Gasteiger charge is 2.45. The summed E-state index contributed by atoms with van der Waals surface area (Å²) in [5.41, 5.74) is 4.50. The number of hydrogen-bond donors (Lipinski definition) is 2. The Kier molecular flexibility index (Phi) is 3.30. The Hall–Kier alpha value is -1.75. The number of oxime groups is 1. The first-order chi connectivity index (χ1) is 9.64. The van der Waals surface area contributed by atoms with Crippen molar-refractivity contribution in [2.75, 3.05) is 5.01 Å². The molecule has 0 unspecified atom stereocenters. The predicted molar refractivity (Wildman–Crippen MR) is 80.6 cm³/mol. The van der Waals surface area contributed by atoms with Gasteiger partial charge in [-0.1, -0.05) is 16.8 Å². The molecule has 0 amide bonds. The second-order valence-electron chi connectivity index (χ2n) is 5.26. The number of hydrogen-bond acceptors (Lipinski definition) is 5. The summed E-state index contributed by atoms with van der Waals surface area (Å²) in [6.45, 7) is 1.74. The number of amidine groups is 1. The molecule has 3 rings (SSSR count). The molecule has 20 heavy (non-hydrogen) atoms. The fourth-order valence-corrected chi connectivity index (χ4v) is 3.00. The lowest BCUT2D eigenvalue weighted by Crippen LogP contribution is -2.49. The van der Waals surface area contributed by atoms with Gasteiger partial charge in [-0.2, -0.15) is 0 Å². The zero-order chi connectivity index (χ0) is 14.2. The van der Waals surface area contributed by atoms with Crippen molar-refractivity contribution in [2.45, 2.75) is 38.3 Å². The maximum atomic E-state index is 8.95. The van der Waals surface area contributed by atoms with Gasteiger partial charge in [0.1, 0.15) is 5.71 Å². The number of aliphatic imine (C=N–C) groups is 1. The monoisotopic (exact) mass is 292 g/mol. The van der Waals surface area contributed by atoms with Crippen LogP contribution in [-0.4, -0.2) is 22.4 Å². The van der Waals surface area contributed by atoms with Gasteiger partial charge in [0.15, 0.2) is 11.5 Å².